The summed E-state index contributed by atoms with van der Waals surface area (Å²) >= 11 is 0. The van der Waals surface area contributed by atoms with Crippen LogP contribution in [0.2, 0.25) is 0 Å². The molecule has 0 aliphatic rings. The van der Waals surface area contributed by atoms with Gasteiger partial charge in [-0.05, 0) is 24.3 Å². The lowest BCUT2D eigenvalue weighted by Crippen LogP contribution is -2.06. The maximum Gasteiger partial charge on any atom is 0.330 e. The van der Waals surface area contributed by atoms with Gasteiger partial charge in [0.25, 0.3) is 0 Å². The van der Waals surface area contributed by atoms with Gasteiger partial charge in [0.1, 0.15) is 5.75 Å². The highest BCUT2D eigenvalue weighted by molar-refractivity contribution is 5.81. The molecule has 0 aliphatic carbocycles. The first-order chi connectivity index (χ1) is 8.26. The number of terminal acetylenes is 1. The first kappa shape index (κ1) is 12.9. The molecule has 0 unspecified atom stereocenters. The lowest BCUT2D eigenvalue weighted by atomic mass is 10.2. The van der Waals surface area contributed by atoms with Crippen LogP contribution in [0.15, 0.2) is 36.9 Å². The van der Waals surface area contributed by atoms with Crippen molar-refractivity contribution in [3.63, 3.8) is 0 Å². The van der Waals surface area contributed by atoms with E-state index in [1.165, 1.54) is 0 Å². The number of ether oxygens (including phenoxy) is 2. The van der Waals surface area contributed by atoms with E-state index >= 15 is 0 Å². The van der Waals surface area contributed by atoms with Crippen LogP contribution in [0, 0.1) is 12.3 Å². The molecule has 0 saturated carbocycles. The summed E-state index contributed by atoms with van der Waals surface area (Å²) in [4.78, 5) is 10.7. The van der Waals surface area contributed by atoms with Crippen LogP contribution in [-0.2, 0) is 9.53 Å². The lowest BCUT2D eigenvalue weighted by molar-refractivity contribution is -0.137. The van der Waals surface area contributed by atoms with Crippen molar-refractivity contribution in [3.8, 4) is 18.1 Å². The molecule has 0 N–H and O–H groups in total. The molecule has 3 nitrogen and oxygen atoms in total. The largest absolute Gasteiger partial charge is 0.493 e. The lowest BCUT2D eigenvalue weighted by Gasteiger charge is -2.06. The van der Waals surface area contributed by atoms with Gasteiger partial charge in [-0.1, -0.05) is 12.5 Å². The molecule has 88 valence electrons. The minimum Gasteiger partial charge on any atom is -0.493 e. The van der Waals surface area contributed by atoms with Gasteiger partial charge < -0.3 is 9.47 Å². The number of carbonyl (C=O) groups excluding carboxylic acids is 1. The summed E-state index contributed by atoms with van der Waals surface area (Å²) in [6.45, 7) is 4.11. The molecule has 17 heavy (non-hydrogen) atoms. The quantitative estimate of drug-likeness (QED) is 0.325. The fourth-order valence-electron chi connectivity index (χ4n) is 1.13. The first-order valence-corrected chi connectivity index (χ1v) is 5.25. The number of rotatable bonds is 6. The molecule has 0 amide bonds. The molecule has 0 atom stereocenters. The highest BCUT2D eigenvalue weighted by atomic mass is 16.5. The standard InChI is InChI=1S/C14H14O3/c1-3-12-6-8-13(9-7-12)16-10-5-11-17-14(15)4-2/h1,4,6-9H,2,5,10-11H2. The van der Waals surface area contributed by atoms with Gasteiger partial charge in [-0.15, -0.1) is 6.42 Å². The van der Waals surface area contributed by atoms with Crippen LogP contribution in [-0.4, -0.2) is 19.2 Å². The summed E-state index contributed by atoms with van der Waals surface area (Å²) in [6.07, 6.45) is 7.01. The molecule has 0 aromatic heterocycles. The molecule has 3 heteroatoms. The smallest absolute Gasteiger partial charge is 0.330 e. The van der Waals surface area contributed by atoms with E-state index in [0.717, 1.165) is 17.4 Å². The van der Waals surface area contributed by atoms with E-state index in [1.54, 1.807) is 0 Å². The van der Waals surface area contributed by atoms with Gasteiger partial charge in [0.15, 0.2) is 0 Å². The molecule has 1 rings (SSSR count). The van der Waals surface area contributed by atoms with Crippen LogP contribution in [0.1, 0.15) is 12.0 Å². The summed E-state index contributed by atoms with van der Waals surface area (Å²) in [5.74, 6) is 2.86. The van der Waals surface area contributed by atoms with Gasteiger partial charge >= 0.3 is 5.97 Å². The van der Waals surface area contributed by atoms with Crippen molar-refractivity contribution in [2.75, 3.05) is 13.2 Å². The van der Waals surface area contributed by atoms with Crippen molar-refractivity contribution in [1.29, 1.82) is 0 Å². The Hall–Kier alpha value is -2.21. The summed E-state index contributed by atoms with van der Waals surface area (Å²) in [7, 11) is 0. The van der Waals surface area contributed by atoms with E-state index in [1.807, 2.05) is 24.3 Å². The van der Waals surface area contributed by atoms with Crippen LogP contribution in [0.3, 0.4) is 0 Å². The Bertz CT molecular complexity index is 412. The Morgan fingerprint density at radius 2 is 2.06 bits per heavy atom. The average molecular weight is 230 g/mol. The van der Waals surface area contributed by atoms with Crippen molar-refractivity contribution in [2.45, 2.75) is 6.42 Å². The van der Waals surface area contributed by atoms with E-state index in [-0.39, 0.29) is 0 Å². The van der Waals surface area contributed by atoms with Gasteiger partial charge in [0.05, 0.1) is 13.2 Å². The third-order valence-electron chi connectivity index (χ3n) is 1.99. The SMILES string of the molecule is C#Cc1ccc(OCCCOC(=O)C=C)cc1. The van der Waals surface area contributed by atoms with Gasteiger partial charge in [-0.3, -0.25) is 0 Å². The number of esters is 1. The van der Waals surface area contributed by atoms with Gasteiger partial charge in [0.2, 0.25) is 0 Å². The Morgan fingerprint density at radius 1 is 1.35 bits per heavy atom. The van der Waals surface area contributed by atoms with Crippen LogP contribution < -0.4 is 4.74 Å². The van der Waals surface area contributed by atoms with Crippen LogP contribution in [0.5, 0.6) is 5.75 Å². The second kappa shape index (κ2) is 7.13. The number of hydrogen-bond acceptors (Lipinski definition) is 3. The molecule has 0 saturated heterocycles. The molecule has 0 fully saturated rings. The van der Waals surface area contributed by atoms with Crippen molar-refractivity contribution < 1.29 is 14.3 Å². The Morgan fingerprint density at radius 3 is 2.65 bits per heavy atom. The molecular formula is C14H14O3. The maximum atomic E-state index is 10.7. The fraction of sp³-hybridized carbons (Fsp3) is 0.214. The highest BCUT2D eigenvalue weighted by Gasteiger charge is 1.96. The van der Waals surface area contributed by atoms with Crippen LogP contribution in [0.4, 0.5) is 0 Å². The predicted octanol–water partition coefficient (Wildman–Crippen LogP) is 2.17. The van der Waals surface area contributed by atoms with Crippen LogP contribution in [0.25, 0.3) is 0 Å². The Balaban J connectivity index is 2.20. The van der Waals surface area contributed by atoms with Crippen molar-refractivity contribution >= 4 is 5.97 Å². The third-order valence-corrected chi connectivity index (χ3v) is 1.99. The summed E-state index contributed by atoms with van der Waals surface area (Å²) in [5, 5.41) is 0. The molecule has 1 aromatic carbocycles. The number of carbonyl (C=O) groups is 1. The monoisotopic (exact) mass is 230 g/mol. The third kappa shape index (κ3) is 4.89. The topological polar surface area (TPSA) is 35.5 Å². The molecular weight excluding hydrogens is 216 g/mol. The van der Waals surface area contributed by atoms with Crippen molar-refractivity contribution in [1.82, 2.24) is 0 Å². The molecule has 0 aliphatic heterocycles. The first-order valence-electron chi connectivity index (χ1n) is 5.25. The second-order valence-electron chi connectivity index (χ2n) is 3.24. The fourth-order valence-corrected chi connectivity index (χ4v) is 1.13. The average Bonchev–Trinajstić information content (AvgIpc) is 2.38. The zero-order chi connectivity index (χ0) is 12.5. The zero-order valence-electron chi connectivity index (χ0n) is 9.52. The summed E-state index contributed by atoms with van der Waals surface area (Å²) in [5.41, 5.74) is 0.817. The van der Waals surface area contributed by atoms with Crippen molar-refractivity contribution in [2.24, 2.45) is 0 Å². The van der Waals surface area contributed by atoms with E-state index in [2.05, 4.69) is 12.5 Å². The van der Waals surface area contributed by atoms with E-state index < -0.39 is 5.97 Å². The highest BCUT2D eigenvalue weighted by Crippen LogP contribution is 2.11. The number of benzene rings is 1. The van der Waals surface area contributed by atoms with E-state index in [9.17, 15) is 4.79 Å². The summed E-state index contributed by atoms with van der Waals surface area (Å²) in [6, 6.07) is 7.25. The minimum atomic E-state index is -0.414. The van der Waals surface area contributed by atoms with E-state index in [0.29, 0.717) is 19.6 Å². The maximum absolute atomic E-state index is 10.7. The Labute approximate surface area is 101 Å². The molecule has 0 spiro atoms. The molecule has 1 aromatic rings. The van der Waals surface area contributed by atoms with Crippen LogP contribution >= 0.6 is 0 Å². The summed E-state index contributed by atoms with van der Waals surface area (Å²) < 4.78 is 10.2. The zero-order valence-corrected chi connectivity index (χ0v) is 9.52. The van der Waals surface area contributed by atoms with Gasteiger partial charge in [-0.25, -0.2) is 4.79 Å². The molecule has 0 bridgehead atoms. The van der Waals surface area contributed by atoms with Crippen molar-refractivity contribution in [3.05, 3.63) is 42.5 Å². The van der Waals surface area contributed by atoms with Gasteiger partial charge in [-0.2, -0.15) is 0 Å². The second-order valence-corrected chi connectivity index (χ2v) is 3.24. The normalized spacial score (nSPS) is 9.12. The minimum absolute atomic E-state index is 0.327. The molecule has 0 radical (unpaired) electrons. The Kier molecular flexibility index (Phi) is 5.39. The molecule has 0 heterocycles. The van der Waals surface area contributed by atoms with E-state index in [4.69, 9.17) is 15.9 Å². The number of hydrogen-bond donors (Lipinski definition) is 0. The van der Waals surface area contributed by atoms with Gasteiger partial charge in [0, 0.05) is 18.1 Å². The predicted molar refractivity (Wildman–Crippen MR) is 65.6 cm³/mol.